The summed E-state index contributed by atoms with van der Waals surface area (Å²) in [5.41, 5.74) is 4.65. The number of nitrogens with one attached hydrogen (secondary N) is 1. The lowest BCUT2D eigenvalue weighted by Gasteiger charge is -2.23. The number of hydrogen-bond donors (Lipinski definition) is 1. The number of pyridine rings is 1. The largest absolute Gasteiger partial charge is 0.328 e. The highest BCUT2D eigenvalue weighted by molar-refractivity contribution is 5.79. The van der Waals surface area contributed by atoms with E-state index in [0.717, 1.165) is 66.6 Å². The normalized spacial score (nSPS) is 19.2. The van der Waals surface area contributed by atoms with E-state index in [1.54, 1.807) is 13.1 Å². The van der Waals surface area contributed by atoms with Gasteiger partial charge in [0.2, 0.25) is 5.82 Å². The zero-order valence-corrected chi connectivity index (χ0v) is 22.3. The predicted molar refractivity (Wildman–Crippen MR) is 145 cm³/mol. The van der Waals surface area contributed by atoms with Crippen LogP contribution in [0.1, 0.15) is 70.3 Å². The molecule has 0 aliphatic heterocycles. The van der Waals surface area contributed by atoms with Gasteiger partial charge in [-0.25, -0.2) is 4.79 Å². The minimum atomic E-state index is -0.0968. The Balaban J connectivity index is 1.49. The Hall–Kier alpha value is -3.88. The fourth-order valence-electron chi connectivity index (χ4n) is 5.89. The molecule has 1 aliphatic rings. The fraction of sp³-hybridized carbons (Fsp3) is 0.448. The Bertz CT molecular complexity index is 1450. The number of aromatic nitrogens is 7. The van der Waals surface area contributed by atoms with Gasteiger partial charge in [-0.15, -0.1) is 10.2 Å². The number of aryl methyl sites for hydroxylation is 1. The molecule has 3 atom stereocenters. The maximum absolute atomic E-state index is 13.9. The Morgan fingerprint density at radius 3 is 2.66 bits per heavy atom. The summed E-state index contributed by atoms with van der Waals surface area (Å²) < 4.78 is 3.73. The molecular formula is C29H35N7O2. The van der Waals surface area contributed by atoms with Gasteiger partial charge in [0.25, 0.3) is 0 Å². The fourth-order valence-corrected chi connectivity index (χ4v) is 5.89. The second kappa shape index (κ2) is 11.2. The van der Waals surface area contributed by atoms with E-state index in [9.17, 15) is 9.59 Å². The minimum Gasteiger partial charge on any atom is -0.300 e. The third kappa shape index (κ3) is 5.10. The third-order valence-electron chi connectivity index (χ3n) is 7.92. The minimum absolute atomic E-state index is 0.0426. The van der Waals surface area contributed by atoms with Gasteiger partial charge in [-0.05, 0) is 73.1 Å². The number of benzene rings is 1. The molecule has 3 aromatic heterocycles. The number of imidazole rings is 1. The zero-order chi connectivity index (χ0) is 26.6. The van der Waals surface area contributed by atoms with Gasteiger partial charge in [0, 0.05) is 29.6 Å². The second-order valence-electron chi connectivity index (χ2n) is 10.3. The highest BCUT2D eigenvalue weighted by Gasteiger charge is 2.40. The van der Waals surface area contributed by atoms with Gasteiger partial charge >= 0.3 is 5.69 Å². The number of hydrogen-bond acceptors (Lipinski definition) is 6. The van der Waals surface area contributed by atoms with Crippen molar-refractivity contribution in [1.82, 2.24) is 34.7 Å². The van der Waals surface area contributed by atoms with Gasteiger partial charge in [-0.2, -0.15) is 5.21 Å². The number of rotatable bonds is 10. The summed E-state index contributed by atoms with van der Waals surface area (Å²) in [6.07, 6.45) is 9.47. The molecule has 0 radical (unpaired) electrons. The van der Waals surface area contributed by atoms with Crippen molar-refractivity contribution >= 4 is 5.78 Å². The van der Waals surface area contributed by atoms with Gasteiger partial charge in [-0.3, -0.25) is 18.9 Å². The summed E-state index contributed by atoms with van der Waals surface area (Å²) in [5.74, 6) is 0.957. The van der Waals surface area contributed by atoms with E-state index in [0.29, 0.717) is 18.3 Å². The van der Waals surface area contributed by atoms with E-state index in [-0.39, 0.29) is 23.4 Å². The topological polar surface area (TPSA) is 111 Å². The molecule has 1 aromatic carbocycles. The summed E-state index contributed by atoms with van der Waals surface area (Å²) in [6.45, 7) is 6.36. The van der Waals surface area contributed by atoms with E-state index in [2.05, 4.69) is 39.5 Å². The van der Waals surface area contributed by atoms with E-state index in [1.807, 2.05) is 51.7 Å². The van der Waals surface area contributed by atoms with Crippen molar-refractivity contribution in [3.63, 3.8) is 0 Å². The smallest absolute Gasteiger partial charge is 0.300 e. The van der Waals surface area contributed by atoms with Crippen molar-refractivity contribution in [3.05, 3.63) is 70.7 Å². The quantitative estimate of drug-likeness (QED) is 0.325. The van der Waals surface area contributed by atoms with Gasteiger partial charge < -0.3 is 0 Å². The van der Waals surface area contributed by atoms with Crippen molar-refractivity contribution in [2.75, 3.05) is 0 Å². The van der Waals surface area contributed by atoms with E-state index >= 15 is 0 Å². The Labute approximate surface area is 222 Å². The van der Waals surface area contributed by atoms with E-state index in [1.165, 1.54) is 0 Å². The summed E-state index contributed by atoms with van der Waals surface area (Å²) >= 11 is 0. The molecule has 3 unspecified atom stereocenters. The highest BCUT2D eigenvalue weighted by atomic mass is 16.2. The van der Waals surface area contributed by atoms with Crippen LogP contribution in [-0.2, 0) is 17.8 Å². The number of Topliss-reactive ketones (excluding diaryl/α,β-unsaturated/α-hetero) is 1. The van der Waals surface area contributed by atoms with Crippen LogP contribution in [-0.4, -0.2) is 40.5 Å². The third-order valence-corrected chi connectivity index (χ3v) is 7.92. The number of carbonyl (C=O) groups excluding carboxylic acids is 1. The van der Waals surface area contributed by atoms with Crippen molar-refractivity contribution in [3.8, 4) is 22.5 Å². The molecule has 4 aromatic rings. The van der Waals surface area contributed by atoms with E-state index in [4.69, 9.17) is 0 Å². The lowest BCUT2D eigenvalue weighted by Crippen LogP contribution is -2.34. The van der Waals surface area contributed by atoms with Crippen molar-refractivity contribution in [2.24, 2.45) is 11.8 Å². The average Bonchev–Trinajstić information content (AvgIpc) is 3.68. The molecule has 198 valence electrons. The molecule has 0 bridgehead atoms. The lowest BCUT2D eigenvalue weighted by atomic mass is 9.93. The molecule has 5 rings (SSSR count). The van der Waals surface area contributed by atoms with Crippen LogP contribution < -0.4 is 5.69 Å². The van der Waals surface area contributed by atoms with Gasteiger partial charge in [0.05, 0.1) is 18.3 Å². The molecule has 0 amide bonds. The summed E-state index contributed by atoms with van der Waals surface area (Å²) in [5, 5.41) is 14.3. The predicted octanol–water partition coefficient (Wildman–Crippen LogP) is 4.85. The summed E-state index contributed by atoms with van der Waals surface area (Å²) in [7, 11) is 0. The Kier molecular flexibility index (Phi) is 7.62. The van der Waals surface area contributed by atoms with Crippen LogP contribution in [0.15, 0.2) is 53.6 Å². The molecule has 9 nitrogen and oxygen atoms in total. The van der Waals surface area contributed by atoms with Crippen molar-refractivity contribution < 1.29 is 4.79 Å². The first-order valence-electron chi connectivity index (χ1n) is 13.6. The molecule has 0 spiro atoms. The molecule has 1 N–H and O–H groups in total. The number of nitrogens with zero attached hydrogens (tertiary/aromatic N) is 6. The lowest BCUT2D eigenvalue weighted by molar-refractivity contribution is -0.121. The molecule has 3 heterocycles. The van der Waals surface area contributed by atoms with Gasteiger partial charge in [-0.1, -0.05) is 44.9 Å². The number of tetrazole rings is 1. The van der Waals surface area contributed by atoms with Crippen LogP contribution in [0.5, 0.6) is 0 Å². The van der Waals surface area contributed by atoms with Crippen LogP contribution in [0, 0.1) is 11.8 Å². The SMILES string of the molecule is CCCCc1cn(C2C(CC)CCC2C(C)=O)c(=O)n1Cc1cc(-c2cccc(-c3nn[nH]n3)c2)ccn1. The van der Waals surface area contributed by atoms with Crippen LogP contribution in [0.3, 0.4) is 0 Å². The maximum Gasteiger partial charge on any atom is 0.328 e. The van der Waals surface area contributed by atoms with E-state index < -0.39 is 0 Å². The van der Waals surface area contributed by atoms with Crippen LogP contribution in [0.25, 0.3) is 22.5 Å². The Morgan fingerprint density at radius 1 is 1.11 bits per heavy atom. The first kappa shape index (κ1) is 25.8. The number of carbonyl (C=O) groups is 1. The molecule has 9 heteroatoms. The number of H-pyrrole nitrogens is 1. The van der Waals surface area contributed by atoms with Crippen LogP contribution in [0.4, 0.5) is 0 Å². The molecule has 0 saturated heterocycles. The molecule has 1 aliphatic carbocycles. The zero-order valence-electron chi connectivity index (χ0n) is 22.3. The first-order valence-corrected chi connectivity index (χ1v) is 13.6. The maximum atomic E-state index is 13.9. The highest BCUT2D eigenvalue weighted by Crippen LogP contribution is 2.42. The average molecular weight is 514 g/mol. The summed E-state index contributed by atoms with van der Waals surface area (Å²) in [6, 6.07) is 11.9. The molecular weight excluding hydrogens is 478 g/mol. The van der Waals surface area contributed by atoms with Crippen LogP contribution in [0.2, 0.25) is 0 Å². The standard InChI is InChI=1S/C29H35N7O2/c1-4-6-10-25-18-36(27-20(5-2)11-12-26(27)19(3)37)29(38)35(25)17-24-16-22(13-14-30-24)21-8-7-9-23(15-21)28-31-33-34-32-28/h7-9,13-16,18,20,26-27H,4-6,10-12,17H2,1-3H3,(H,31,32,33,34). The van der Waals surface area contributed by atoms with Crippen molar-refractivity contribution in [1.29, 1.82) is 0 Å². The Morgan fingerprint density at radius 2 is 1.92 bits per heavy atom. The van der Waals surface area contributed by atoms with Crippen molar-refractivity contribution in [2.45, 2.75) is 71.9 Å². The van der Waals surface area contributed by atoms with Gasteiger partial charge in [0.15, 0.2) is 0 Å². The van der Waals surface area contributed by atoms with Gasteiger partial charge in [0.1, 0.15) is 5.78 Å². The monoisotopic (exact) mass is 513 g/mol. The number of ketones is 1. The number of unbranched alkanes of at least 4 members (excludes halogenated alkanes) is 1. The molecule has 38 heavy (non-hydrogen) atoms. The number of aromatic amines is 1. The molecule has 1 saturated carbocycles. The first-order chi connectivity index (χ1) is 18.5. The second-order valence-corrected chi connectivity index (χ2v) is 10.3. The van der Waals surface area contributed by atoms with Crippen LogP contribution >= 0.6 is 0 Å². The molecule has 1 fully saturated rings. The summed E-state index contributed by atoms with van der Waals surface area (Å²) in [4.78, 5) is 31.0.